The zero-order valence-corrected chi connectivity index (χ0v) is 35.0. The van der Waals surface area contributed by atoms with E-state index in [0.717, 1.165) is 93.3 Å². The largest absolute Gasteiger partial charge is 0.488 e. The molecular weight excluding hydrogens is 763 g/mol. The molecule has 5 heterocycles. The van der Waals surface area contributed by atoms with Crippen LogP contribution in [0.5, 0.6) is 5.75 Å². The molecule has 0 saturated carbocycles. The zero-order chi connectivity index (χ0) is 42.2. The number of aromatic amines is 1. The molecule has 4 aliphatic heterocycles. The SMILES string of the molecule is COC(=O)N[C@H](C(=O)N1CCC[C@H]1C1=Nc2ccc(-c3ccc4c(c3)OCc3cc(-c5cnc([C@@H]6CCCN6C(=O)[C@@H](NC(=O)OC)C(C)C)[nH]5)ccc3-4)cc2C1)C(C)C. The Hall–Kier alpha value is -6.18. The fourth-order valence-corrected chi connectivity index (χ4v) is 9.04. The number of aromatic nitrogens is 2. The van der Waals surface area contributed by atoms with Gasteiger partial charge in [0.15, 0.2) is 0 Å². The number of imidazole rings is 1. The maximum absolute atomic E-state index is 13.7. The minimum absolute atomic E-state index is 0.0938. The van der Waals surface area contributed by atoms with Gasteiger partial charge in [0, 0.05) is 30.8 Å². The topological polar surface area (TPSA) is 168 Å². The summed E-state index contributed by atoms with van der Waals surface area (Å²) in [5.74, 6) is 1.09. The average molecular weight is 816 g/mol. The van der Waals surface area contributed by atoms with Crippen molar-refractivity contribution in [2.24, 2.45) is 16.8 Å². The van der Waals surface area contributed by atoms with E-state index in [1.54, 1.807) is 0 Å². The molecule has 60 heavy (non-hydrogen) atoms. The Morgan fingerprint density at radius 2 is 1.33 bits per heavy atom. The summed E-state index contributed by atoms with van der Waals surface area (Å²) in [6.45, 7) is 9.28. The van der Waals surface area contributed by atoms with Crippen molar-refractivity contribution in [3.05, 3.63) is 77.7 Å². The Morgan fingerprint density at radius 1 is 0.750 bits per heavy atom. The van der Waals surface area contributed by atoms with Gasteiger partial charge in [-0.2, -0.15) is 0 Å². The molecule has 3 aromatic carbocycles. The summed E-state index contributed by atoms with van der Waals surface area (Å²) in [7, 11) is 2.59. The van der Waals surface area contributed by atoms with Crippen LogP contribution < -0.4 is 15.4 Å². The number of aliphatic imine (C=N–C) groups is 1. The lowest BCUT2D eigenvalue weighted by molar-refractivity contribution is -0.135. The zero-order valence-electron chi connectivity index (χ0n) is 35.0. The van der Waals surface area contributed by atoms with Gasteiger partial charge in [-0.3, -0.25) is 14.6 Å². The monoisotopic (exact) mass is 815 g/mol. The molecule has 0 unspecified atom stereocenters. The summed E-state index contributed by atoms with van der Waals surface area (Å²) in [6.07, 6.45) is 4.57. The highest BCUT2D eigenvalue weighted by Crippen LogP contribution is 2.43. The Labute approximate surface area is 350 Å². The minimum Gasteiger partial charge on any atom is -0.488 e. The molecule has 4 atom stereocenters. The Kier molecular flexibility index (Phi) is 11.4. The van der Waals surface area contributed by atoms with E-state index in [4.69, 9.17) is 24.2 Å². The first-order chi connectivity index (χ1) is 28.9. The fraction of sp³-hybridized carbons (Fsp3) is 0.435. The number of carbonyl (C=O) groups is 4. The minimum atomic E-state index is -0.694. The molecule has 0 spiro atoms. The molecule has 0 bridgehead atoms. The van der Waals surface area contributed by atoms with Gasteiger partial charge in [0.2, 0.25) is 11.8 Å². The standard InChI is InChI=1S/C46H53N7O7/c1-25(2)40(50-45(56)58-5)43(54)52-17-7-9-37(52)35-21-30-19-27(13-16-34(30)48-35)28-11-15-33-32-14-12-29(20-31(32)24-60-39(33)22-28)36-23-47-42(49-36)38-10-8-18-53(38)44(55)41(26(3)4)51-46(57)59-6/h11-16,19-20,22-23,25-26,37-38,40-41H,7-10,17-18,21,24H2,1-6H3,(H,47,49)(H,50,56)(H,51,57)/t37-,38-,40-,41-/m0/s1. The third kappa shape index (κ3) is 7.82. The number of H-pyrrole nitrogens is 1. The Balaban J connectivity index is 0.950. The molecule has 14 heteroatoms. The number of nitrogens with one attached hydrogen (secondary N) is 3. The molecule has 0 aliphatic carbocycles. The third-order valence-corrected chi connectivity index (χ3v) is 12.3. The van der Waals surface area contributed by atoms with Gasteiger partial charge in [0.1, 0.15) is 30.3 Å². The van der Waals surface area contributed by atoms with Crippen LogP contribution in [-0.2, 0) is 32.1 Å². The van der Waals surface area contributed by atoms with Crippen LogP contribution in [0.3, 0.4) is 0 Å². The van der Waals surface area contributed by atoms with Gasteiger partial charge in [-0.05, 0) is 95.2 Å². The van der Waals surface area contributed by atoms with Crippen LogP contribution in [0.15, 0.2) is 65.8 Å². The maximum Gasteiger partial charge on any atom is 0.407 e. The molecule has 4 amide bonds. The van der Waals surface area contributed by atoms with E-state index in [0.29, 0.717) is 26.1 Å². The molecule has 314 valence electrons. The van der Waals surface area contributed by atoms with Gasteiger partial charge in [-0.25, -0.2) is 14.6 Å². The second kappa shape index (κ2) is 16.8. The van der Waals surface area contributed by atoms with E-state index in [1.807, 2.05) is 43.7 Å². The molecule has 4 aromatic rings. The highest BCUT2D eigenvalue weighted by atomic mass is 16.5. The second-order valence-corrected chi connectivity index (χ2v) is 16.8. The smallest absolute Gasteiger partial charge is 0.407 e. The van der Waals surface area contributed by atoms with Crippen molar-refractivity contribution in [3.63, 3.8) is 0 Å². The number of hydrogen-bond acceptors (Lipinski definition) is 9. The average Bonchev–Trinajstić information content (AvgIpc) is 4.09. The van der Waals surface area contributed by atoms with Crippen molar-refractivity contribution in [3.8, 4) is 39.3 Å². The lowest BCUT2D eigenvalue weighted by Crippen LogP contribution is -2.53. The van der Waals surface area contributed by atoms with Gasteiger partial charge in [0.25, 0.3) is 0 Å². The lowest BCUT2D eigenvalue weighted by atomic mass is 9.92. The van der Waals surface area contributed by atoms with Crippen molar-refractivity contribution in [1.29, 1.82) is 0 Å². The number of methoxy groups -OCH3 is 2. The van der Waals surface area contributed by atoms with E-state index in [-0.39, 0.29) is 35.7 Å². The molecule has 8 rings (SSSR count). The number of nitrogens with zero attached hydrogens (tertiary/aromatic N) is 4. The van der Waals surface area contributed by atoms with Crippen LogP contribution in [0.4, 0.5) is 15.3 Å². The predicted molar refractivity (Wildman–Crippen MR) is 227 cm³/mol. The number of likely N-dealkylation sites (tertiary alicyclic amines) is 2. The highest BCUT2D eigenvalue weighted by Gasteiger charge is 2.40. The molecular formula is C46H53N7O7. The first-order valence-electron chi connectivity index (χ1n) is 20.9. The summed E-state index contributed by atoms with van der Waals surface area (Å²) in [6, 6.07) is 17.3. The van der Waals surface area contributed by atoms with Crippen molar-refractivity contribution in [2.75, 3.05) is 27.3 Å². The lowest BCUT2D eigenvalue weighted by Gasteiger charge is -2.30. The number of amides is 4. The van der Waals surface area contributed by atoms with Crippen LogP contribution in [0.25, 0.3) is 33.5 Å². The third-order valence-electron chi connectivity index (χ3n) is 12.3. The number of benzene rings is 3. The number of rotatable bonds is 10. The van der Waals surface area contributed by atoms with E-state index in [2.05, 4.69) is 70.2 Å². The fourth-order valence-electron chi connectivity index (χ4n) is 9.04. The van der Waals surface area contributed by atoms with Gasteiger partial charge >= 0.3 is 12.2 Å². The first-order valence-corrected chi connectivity index (χ1v) is 20.9. The van der Waals surface area contributed by atoms with E-state index in [1.165, 1.54) is 14.2 Å². The molecule has 1 aromatic heterocycles. The molecule has 14 nitrogen and oxygen atoms in total. The summed E-state index contributed by atoms with van der Waals surface area (Å²) in [5, 5.41) is 5.44. The molecule has 2 saturated heterocycles. The van der Waals surface area contributed by atoms with Crippen LogP contribution >= 0.6 is 0 Å². The Morgan fingerprint density at radius 3 is 2.00 bits per heavy atom. The van der Waals surface area contributed by atoms with Crippen molar-refractivity contribution >= 4 is 35.4 Å². The normalized spacial score (nSPS) is 18.9. The van der Waals surface area contributed by atoms with Crippen LogP contribution in [0, 0.1) is 11.8 Å². The van der Waals surface area contributed by atoms with E-state index < -0.39 is 24.3 Å². The molecule has 0 radical (unpaired) electrons. The quantitative estimate of drug-likeness (QED) is 0.149. The van der Waals surface area contributed by atoms with Crippen LogP contribution in [0.1, 0.15) is 76.4 Å². The number of fused-ring (bicyclic) bond motifs is 4. The number of alkyl carbamates (subject to hydrolysis) is 2. The van der Waals surface area contributed by atoms with E-state index >= 15 is 0 Å². The van der Waals surface area contributed by atoms with E-state index in [9.17, 15) is 19.2 Å². The summed E-state index contributed by atoms with van der Waals surface area (Å²) < 4.78 is 16.0. The van der Waals surface area contributed by atoms with Crippen LogP contribution in [-0.4, -0.2) is 94.9 Å². The maximum atomic E-state index is 13.7. The van der Waals surface area contributed by atoms with Gasteiger partial charge < -0.3 is 39.6 Å². The van der Waals surface area contributed by atoms with Gasteiger partial charge in [0.05, 0.1) is 43.9 Å². The number of ether oxygens (including phenoxy) is 3. The molecule has 4 aliphatic rings. The van der Waals surface area contributed by atoms with Gasteiger partial charge in [-0.15, -0.1) is 0 Å². The summed E-state index contributed by atoms with van der Waals surface area (Å²) in [4.78, 5) is 68.3. The number of carbonyl (C=O) groups excluding carboxylic acids is 4. The first kappa shape index (κ1) is 40.6. The Bertz CT molecular complexity index is 2350. The number of hydrogen-bond donors (Lipinski definition) is 3. The highest BCUT2D eigenvalue weighted by molar-refractivity contribution is 6.01. The van der Waals surface area contributed by atoms with Crippen molar-refractivity contribution in [1.82, 2.24) is 30.4 Å². The molecule has 3 N–H and O–H groups in total. The van der Waals surface area contributed by atoms with Crippen LogP contribution in [0.2, 0.25) is 0 Å². The predicted octanol–water partition coefficient (Wildman–Crippen LogP) is 7.35. The molecule has 2 fully saturated rings. The second-order valence-electron chi connectivity index (χ2n) is 16.8. The van der Waals surface area contributed by atoms with Gasteiger partial charge in [-0.1, -0.05) is 58.0 Å². The summed E-state index contributed by atoms with van der Waals surface area (Å²) >= 11 is 0. The summed E-state index contributed by atoms with van der Waals surface area (Å²) in [5.41, 5.74) is 10.2. The van der Waals surface area contributed by atoms with Crippen molar-refractivity contribution < 1.29 is 33.4 Å². The van der Waals surface area contributed by atoms with Crippen molar-refractivity contribution in [2.45, 2.75) is 90.6 Å².